The molecule has 1 aliphatic carbocycles. The third-order valence-electron chi connectivity index (χ3n) is 5.94. The second-order valence-electron chi connectivity index (χ2n) is 8.56. The number of carbonyl (C=O) groups is 2. The lowest BCUT2D eigenvalue weighted by molar-refractivity contribution is -0.115. The summed E-state index contributed by atoms with van der Waals surface area (Å²) in [5.74, 6) is 0.104. The van der Waals surface area contributed by atoms with Crippen LogP contribution in [0.2, 0.25) is 0 Å². The molecule has 0 atom stereocenters. The quantitative estimate of drug-likeness (QED) is 0.467. The number of amides is 2. The van der Waals surface area contributed by atoms with E-state index in [-0.39, 0.29) is 18.2 Å². The molecule has 2 aromatic heterocycles. The first kappa shape index (κ1) is 22.6. The predicted molar refractivity (Wildman–Crippen MR) is 128 cm³/mol. The number of carbonyl (C=O) groups excluding carboxylic acids is 2. The molecular weight excluding hydrogens is 424 g/mol. The molecule has 170 valence electrons. The van der Waals surface area contributed by atoms with Crippen LogP contribution in [0.1, 0.15) is 64.5 Å². The Balaban J connectivity index is 1.55. The number of fused-ring (bicyclic) bond motifs is 2. The molecule has 4 rings (SSSR count). The van der Waals surface area contributed by atoms with Crippen LogP contribution in [0.25, 0.3) is 11.0 Å². The number of benzene rings is 1. The van der Waals surface area contributed by atoms with Gasteiger partial charge in [0.1, 0.15) is 10.6 Å². The number of hydrogen-bond acceptors (Lipinski definition) is 5. The van der Waals surface area contributed by atoms with Gasteiger partial charge >= 0.3 is 0 Å². The molecule has 2 amide bonds. The lowest BCUT2D eigenvalue weighted by Gasteiger charge is -2.13. The van der Waals surface area contributed by atoms with E-state index in [0.29, 0.717) is 29.6 Å². The van der Waals surface area contributed by atoms with Gasteiger partial charge < -0.3 is 19.8 Å². The standard InChI is InChI=1S/C25H30N2O4S/c1-15(2)16-8-9-20-19(12-16)17(14-31-20)13-22(28)27-25-23(24(29)26-10-11-30-3)18-6-4-5-7-21(18)32-25/h8-9,12,14-15H,4-7,10-11,13H2,1-3H3,(H,26,29)(H,27,28). The molecule has 6 nitrogen and oxygen atoms in total. The number of nitrogens with one attached hydrogen (secondary N) is 2. The van der Waals surface area contributed by atoms with Crippen molar-refractivity contribution >= 4 is 39.1 Å². The van der Waals surface area contributed by atoms with Gasteiger partial charge in [0.25, 0.3) is 5.91 Å². The van der Waals surface area contributed by atoms with Crippen molar-refractivity contribution in [3.8, 4) is 0 Å². The smallest absolute Gasteiger partial charge is 0.254 e. The molecule has 0 bridgehead atoms. The molecule has 1 aromatic carbocycles. The van der Waals surface area contributed by atoms with E-state index in [2.05, 4.69) is 36.6 Å². The highest BCUT2D eigenvalue weighted by atomic mass is 32.1. The summed E-state index contributed by atoms with van der Waals surface area (Å²) in [4.78, 5) is 27.1. The zero-order chi connectivity index (χ0) is 22.7. The van der Waals surface area contributed by atoms with E-state index >= 15 is 0 Å². The minimum atomic E-state index is -0.146. The van der Waals surface area contributed by atoms with Crippen molar-refractivity contribution in [3.05, 3.63) is 51.6 Å². The Labute approximate surface area is 192 Å². The highest BCUT2D eigenvalue weighted by Gasteiger charge is 2.26. The topological polar surface area (TPSA) is 80.6 Å². The summed E-state index contributed by atoms with van der Waals surface area (Å²) in [5.41, 5.74) is 4.55. The van der Waals surface area contributed by atoms with Gasteiger partial charge in [0, 0.05) is 29.5 Å². The Morgan fingerprint density at radius 2 is 2.03 bits per heavy atom. The largest absolute Gasteiger partial charge is 0.464 e. The summed E-state index contributed by atoms with van der Waals surface area (Å²) >= 11 is 1.53. The number of anilines is 1. The van der Waals surface area contributed by atoms with Gasteiger partial charge in [-0.2, -0.15) is 0 Å². The first-order valence-corrected chi connectivity index (χ1v) is 12.0. The lowest BCUT2D eigenvalue weighted by atomic mass is 9.95. The van der Waals surface area contributed by atoms with Crippen LogP contribution in [0.15, 0.2) is 28.9 Å². The summed E-state index contributed by atoms with van der Waals surface area (Å²) < 4.78 is 10.7. The van der Waals surface area contributed by atoms with E-state index in [0.717, 1.165) is 47.8 Å². The van der Waals surface area contributed by atoms with Crippen molar-refractivity contribution in [3.63, 3.8) is 0 Å². The number of furan rings is 1. The van der Waals surface area contributed by atoms with E-state index < -0.39 is 0 Å². The monoisotopic (exact) mass is 454 g/mol. The van der Waals surface area contributed by atoms with Crippen molar-refractivity contribution in [1.82, 2.24) is 5.32 Å². The van der Waals surface area contributed by atoms with Crippen molar-refractivity contribution in [2.75, 3.05) is 25.6 Å². The Morgan fingerprint density at radius 3 is 2.81 bits per heavy atom. The zero-order valence-electron chi connectivity index (χ0n) is 18.9. The van der Waals surface area contributed by atoms with E-state index in [1.807, 2.05) is 6.07 Å². The molecule has 2 N–H and O–H groups in total. The van der Waals surface area contributed by atoms with Gasteiger partial charge in [-0.15, -0.1) is 11.3 Å². The second-order valence-corrected chi connectivity index (χ2v) is 9.67. The number of ether oxygens (including phenoxy) is 1. The Hall–Kier alpha value is -2.64. The van der Waals surface area contributed by atoms with Crippen LogP contribution >= 0.6 is 11.3 Å². The van der Waals surface area contributed by atoms with Crippen LogP contribution in [0, 0.1) is 0 Å². The Kier molecular flexibility index (Phi) is 6.96. The minimum Gasteiger partial charge on any atom is -0.464 e. The average molecular weight is 455 g/mol. The molecule has 0 aliphatic heterocycles. The first-order chi connectivity index (χ1) is 15.5. The van der Waals surface area contributed by atoms with Crippen molar-refractivity contribution < 1.29 is 18.7 Å². The highest BCUT2D eigenvalue weighted by molar-refractivity contribution is 7.17. The summed E-state index contributed by atoms with van der Waals surface area (Å²) in [6.45, 7) is 5.18. The Bertz CT molecular complexity index is 1130. The molecule has 3 aromatic rings. The molecule has 32 heavy (non-hydrogen) atoms. The van der Waals surface area contributed by atoms with Crippen LogP contribution in [0.4, 0.5) is 5.00 Å². The summed E-state index contributed by atoms with van der Waals surface area (Å²) in [6.07, 6.45) is 5.87. The number of aryl methyl sites for hydroxylation is 1. The lowest BCUT2D eigenvalue weighted by Crippen LogP contribution is -2.28. The molecular formula is C25H30N2O4S. The molecule has 0 unspecified atom stereocenters. The Morgan fingerprint density at radius 1 is 1.22 bits per heavy atom. The van der Waals surface area contributed by atoms with Crippen LogP contribution in [-0.4, -0.2) is 32.1 Å². The molecule has 2 heterocycles. The van der Waals surface area contributed by atoms with Gasteiger partial charge in [0.05, 0.1) is 24.9 Å². The fraction of sp³-hybridized carbons (Fsp3) is 0.440. The summed E-state index contributed by atoms with van der Waals surface area (Å²) in [5, 5.41) is 7.55. The van der Waals surface area contributed by atoms with Crippen LogP contribution < -0.4 is 10.6 Å². The fourth-order valence-corrected chi connectivity index (χ4v) is 5.49. The zero-order valence-corrected chi connectivity index (χ0v) is 19.7. The van der Waals surface area contributed by atoms with Crippen molar-refractivity contribution in [2.24, 2.45) is 0 Å². The SMILES string of the molecule is COCCNC(=O)c1c(NC(=O)Cc2coc3ccc(C(C)C)cc23)sc2c1CCCC2. The van der Waals surface area contributed by atoms with Crippen molar-refractivity contribution in [1.29, 1.82) is 0 Å². The van der Waals surface area contributed by atoms with Crippen LogP contribution in [-0.2, 0) is 28.8 Å². The predicted octanol–water partition coefficient (Wildman–Crippen LogP) is 5.05. The van der Waals surface area contributed by atoms with E-state index in [1.54, 1.807) is 13.4 Å². The van der Waals surface area contributed by atoms with Crippen LogP contribution in [0.5, 0.6) is 0 Å². The molecule has 1 aliphatic rings. The number of hydrogen-bond donors (Lipinski definition) is 2. The molecule has 7 heteroatoms. The molecule has 0 radical (unpaired) electrons. The van der Waals surface area contributed by atoms with Crippen molar-refractivity contribution in [2.45, 2.75) is 51.9 Å². The number of methoxy groups -OCH3 is 1. The van der Waals surface area contributed by atoms with E-state index in [4.69, 9.17) is 9.15 Å². The third kappa shape index (κ3) is 4.74. The van der Waals surface area contributed by atoms with Crippen LogP contribution in [0.3, 0.4) is 0 Å². The molecule has 0 spiro atoms. The maximum atomic E-state index is 13.0. The summed E-state index contributed by atoms with van der Waals surface area (Å²) in [7, 11) is 1.61. The minimum absolute atomic E-state index is 0.146. The van der Waals surface area contributed by atoms with Gasteiger partial charge in [-0.3, -0.25) is 9.59 Å². The van der Waals surface area contributed by atoms with Gasteiger partial charge in [0.15, 0.2) is 0 Å². The van der Waals surface area contributed by atoms with E-state index in [1.165, 1.54) is 21.8 Å². The van der Waals surface area contributed by atoms with Gasteiger partial charge in [-0.25, -0.2) is 0 Å². The molecule has 0 saturated carbocycles. The van der Waals surface area contributed by atoms with E-state index in [9.17, 15) is 9.59 Å². The first-order valence-electron chi connectivity index (χ1n) is 11.2. The third-order valence-corrected chi connectivity index (χ3v) is 7.15. The van der Waals surface area contributed by atoms with Gasteiger partial charge in [0.2, 0.25) is 5.91 Å². The fourth-order valence-electron chi connectivity index (χ4n) is 4.19. The number of thiophene rings is 1. The second kappa shape index (κ2) is 9.88. The molecule has 0 saturated heterocycles. The van der Waals surface area contributed by atoms with Gasteiger partial charge in [-0.1, -0.05) is 19.9 Å². The molecule has 0 fully saturated rings. The average Bonchev–Trinajstić information content (AvgIpc) is 3.34. The normalized spacial score (nSPS) is 13.4. The maximum absolute atomic E-state index is 13.0. The summed E-state index contributed by atoms with van der Waals surface area (Å²) in [6, 6.07) is 6.12. The highest BCUT2D eigenvalue weighted by Crippen LogP contribution is 2.38. The maximum Gasteiger partial charge on any atom is 0.254 e. The van der Waals surface area contributed by atoms with Gasteiger partial charge in [-0.05, 0) is 54.9 Å². The number of rotatable bonds is 8.